The number of aliphatic carboxylic acids is 1. The fraction of sp³-hybridized carbons (Fsp3) is 0.556. The molecule has 356 valence electrons. The van der Waals surface area contributed by atoms with Crippen LogP contribution in [-0.4, -0.2) is 143 Å². The summed E-state index contributed by atoms with van der Waals surface area (Å²) >= 11 is 0. The number of hydrogen-bond acceptors (Lipinski definition) is 15. The third kappa shape index (κ3) is 18.9. The molecule has 17 nitrogen and oxygen atoms in total. The molecule has 2 aliphatic heterocycles. The minimum Gasteiger partial charge on any atom is -0.748 e. The summed E-state index contributed by atoms with van der Waals surface area (Å²) in [6.45, 7) is 12.0. The first kappa shape index (κ1) is 56.3. The summed E-state index contributed by atoms with van der Waals surface area (Å²) in [6, 6.07) is 11.9. The predicted octanol–water partition coefficient (Wildman–Crippen LogP) is 1.41. The average molecular weight is 959 g/mol. The van der Waals surface area contributed by atoms with Crippen molar-refractivity contribution < 1.29 is 98.2 Å². The third-order valence-corrected chi connectivity index (χ3v) is 12.0. The Morgan fingerprint density at radius 2 is 1.43 bits per heavy atom. The predicted molar refractivity (Wildman–Crippen MR) is 238 cm³/mol. The topological polar surface area (TPSA) is 226 Å². The van der Waals surface area contributed by atoms with E-state index in [-0.39, 0.29) is 60.8 Å². The summed E-state index contributed by atoms with van der Waals surface area (Å²) in [7, 11) is -6.12. The average Bonchev–Trinajstić information content (AvgIpc) is 3.51. The molecule has 1 unspecified atom stereocenters. The molecule has 4 rings (SSSR count). The molecular weight excluding hydrogens is 896 g/mol. The fourth-order valence-electron chi connectivity index (χ4n) is 7.12. The van der Waals surface area contributed by atoms with Crippen LogP contribution in [0.5, 0.6) is 0 Å². The molecule has 1 aliphatic carbocycles. The van der Waals surface area contributed by atoms with E-state index in [9.17, 15) is 35.8 Å². The molecule has 0 fully saturated rings. The zero-order chi connectivity index (χ0) is 46.8. The molecule has 0 saturated heterocycles. The molecule has 0 radical (unpaired) electrons. The number of ether oxygens (including phenoxy) is 6. The van der Waals surface area contributed by atoms with E-state index >= 15 is 0 Å². The summed E-state index contributed by atoms with van der Waals surface area (Å²) in [6.07, 6.45) is 5.90. The number of methoxy groups -OCH3 is 2. The maximum atomic E-state index is 12.1. The Kier molecular flexibility index (Phi) is 24.0. The van der Waals surface area contributed by atoms with E-state index < -0.39 is 42.8 Å². The Morgan fingerprint density at radius 1 is 0.831 bits per heavy atom. The summed E-state index contributed by atoms with van der Waals surface area (Å²) in [5.41, 5.74) is 2.92. The second-order valence-electron chi connectivity index (χ2n) is 16.1. The van der Waals surface area contributed by atoms with Crippen molar-refractivity contribution in [2.45, 2.75) is 62.7 Å². The molecule has 0 spiro atoms. The molecular formula is C45H63N2NaO15S2. The third-order valence-electron chi connectivity index (χ3n) is 10.3. The molecule has 1 atom stereocenters. The van der Waals surface area contributed by atoms with Gasteiger partial charge in [0.1, 0.15) is 34.9 Å². The fourth-order valence-corrected chi connectivity index (χ4v) is 8.11. The van der Waals surface area contributed by atoms with E-state index in [2.05, 4.69) is 4.58 Å². The molecule has 0 amide bonds. The van der Waals surface area contributed by atoms with Crippen molar-refractivity contribution >= 4 is 38.0 Å². The van der Waals surface area contributed by atoms with Crippen LogP contribution < -0.4 is 44.4 Å². The molecule has 2 heterocycles. The number of fused-ring (bicyclic) bond motifs is 2. The number of carboxylic acids is 1. The van der Waals surface area contributed by atoms with Crippen molar-refractivity contribution in [3.05, 3.63) is 82.6 Å². The number of nitrogens with zero attached hydrogens (tertiary/aromatic N) is 2. The van der Waals surface area contributed by atoms with E-state index in [0.29, 0.717) is 108 Å². The molecule has 1 N–H and O–H groups in total. The Morgan fingerprint density at radius 3 is 1.98 bits per heavy atom. The SMILES string of the molecule is COCCOCCOCC[N+](CCOCCOCCOC)=c1ccc2c(/C=C/C=C3/C(CCCC(=O)O)c4cc(S(=O)(=O)[O-])ccc4N3CCCS(=O)(=O)[O-])cc(C(C)(C)C)oc-2c1.[Na+]. The first-order chi connectivity index (χ1) is 30.4. The summed E-state index contributed by atoms with van der Waals surface area (Å²) in [5.74, 6) is -0.808. The van der Waals surface area contributed by atoms with Gasteiger partial charge >= 0.3 is 35.5 Å². The van der Waals surface area contributed by atoms with E-state index in [1.165, 1.54) is 18.2 Å². The van der Waals surface area contributed by atoms with Crippen LogP contribution in [0.25, 0.3) is 17.4 Å². The van der Waals surface area contributed by atoms with E-state index in [0.717, 1.165) is 22.2 Å². The molecule has 20 heteroatoms. The van der Waals surface area contributed by atoms with Crippen LogP contribution in [0.3, 0.4) is 0 Å². The first-order valence-electron chi connectivity index (χ1n) is 21.3. The second kappa shape index (κ2) is 27.7. The van der Waals surface area contributed by atoms with Crippen molar-refractivity contribution in [1.29, 1.82) is 0 Å². The van der Waals surface area contributed by atoms with Gasteiger partial charge in [-0.1, -0.05) is 32.9 Å². The van der Waals surface area contributed by atoms with Crippen molar-refractivity contribution in [2.24, 2.45) is 0 Å². The number of carbonyl (C=O) groups is 1. The van der Waals surface area contributed by atoms with E-state index in [4.69, 9.17) is 32.8 Å². The number of allylic oxidation sites excluding steroid dienone is 3. The minimum absolute atomic E-state index is 0. The van der Waals surface area contributed by atoms with Crippen LogP contribution in [0.2, 0.25) is 0 Å². The normalized spacial score (nSPS) is 15.0. The largest absolute Gasteiger partial charge is 1.00 e. The number of carboxylic acid groups (broad SMARTS) is 1. The standard InChI is InChI=1S/C45H64N2O15S2.Na/c1-45(2,3)43-31-34(37-15-13-35(32-42(37)62-43)46(18-20-58-26-28-60-24-22-56-4)19-21-59-27-29-61-25-23-57-5)9-6-11-40-38(10-7-12-44(48)49)39-33-36(64(53,54)55)14-16-41(39)47(40)17-8-30-63(50,51)52;/h6,9,11,13-16,31-33,38H,7-8,10,12,17-30H2,1-5H3,(H2-,48,49,50,51,52,53,54,55);/q;+1/p-1. The van der Waals surface area contributed by atoms with Gasteiger partial charge < -0.3 is 52.0 Å². The Balaban J connectivity index is 0.0000112. The van der Waals surface area contributed by atoms with Gasteiger partial charge in [-0.05, 0) is 66.8 Å². The Hall–Kier alpha value is -3.02. The molecule has 3 aliphatic rings. The van der Waals surface area contributed by atoms with Gasteiger partial charge in [0.25, 0.3) is 0 Å². The van der Waals surface area contributed by atoms with Crippen LogP contribution in [-0.2, 0) is 58.9 Å². The van der Waals surface area contributed by atoms with Crippen molar-refractivity contribution in [3.8, 4) is 11.3 Å². The van der Waals surface area contributed by atoms with Crippen LogP contribution in [0, 0.1) is 0 Å². The van der Waals surface area contributed by atoms with Crippen LogP contribution >= 0.6 is 0 Å². The maximum absolute atomic E-state index is 12.1. The van der Waals surface area contributed by atoms with Gasteiger partial charge in [-0.25, -0.2) is 21.4 Å². The quantitative estimate of drug-likeness (QED) is 0.0449. The maximum Gasteiger partial charge on any atom is 1.00 e. The van der Waals surface area contributed by atoms with E-state index in [1.807, 2.05) is 63.3 Å². The van der Waals surface area contributed by atoms with Gasteiger partial charge in [-0.2, -0.15) is 0 Å². The Bertz CT molecular complexity index is 2270. The number of benzene rings is 2. The van der Waals surface area contributed by atoms with Gasteiger partial charge in [0.2, 0.25) is 5.36 Å². The van der Waals surface area contributed by atoms with Gasteiger partial charge in [0, 0.05) is 67.3 Å². The summed E-state index contributed by atoms with van der Waals surface area (Å²) in [5, 5.41) is 10.3. The van der Waals surface area contributed by atoms with Gasteiger partial charge in [-0.15, -0.1) is 0 Å². The van der Waals surface area contributed by atoms with Crippen molar-refractivity contribution in [1.82, 2.24) is 4.58 Å². The zero-order valence-corrected chi connectivity index (χ0v) is 42.1. The number of hydrogen-bond donors (Lipinski definition) is 1. The molecule has 1 aromatic carbocycles. The van der Waals surface area contributed by atoms with Crippen LogP contribution in [0.1, 0.15) is 69.3 Å². The minimum atomic E-state index is -4.83. The van der Waals surface area contributed by atoms with Crippen molar-refractivity contribution in [3.63, 3.8) is 0 Å². The van der Waals surface area contributed by atoms with Crippen LogP contribution in [0.4, 0.5) is 5.69 Å². The molecule has 65 heavy (non-hydrogen) atoms. The zero-order valence-electron chi connectivity index (χ0n) is 38.5. The van der Waals surface area contributed by atoms with Gasteiger partial charge in [0.15, 0.2) is 13.1 Å². The molecule has 0 saturated carbocycles. The summed E-state index contributed by atoms with van der Waals surface area (Å²) < 4.78 is 113. The van der Waals surface area contributed by atoms with Crippen LogP contribution in [0.15, 0.2) is 69.6 Å². The first-order valence-corrected chi connectivity index (χ1v) is 24.3. The monoisotopic (exact) mass is 958 g/mol. The molecule has 1 aromatic rings. The van der Waals surface area contributed by atoms with Gasteiger partial charge in [-0.3, -0.25) is 4.79 Å². The Labute approximate surface area is 405 Å². The smallest absolute Gasteiger partial charge is 0.748 e. The molecule has 0 aromatic heterocycles. The van der Waals surface area contributed by atoms with Crippen molar-refractivity contribution in [2.75, 3.05) is 111 Å². The number of anilines is 1. The van der Waals surface area contributed by atoms with E-state index in [1.54, 1.807) is 19.1 Å². The molecule has 0 bridgehead atoms. The second-order valence-corrected chi connectivity index (χ2v) is 19.1. The van der Waals surface area contributed by atoms with Gasteiger partial charge in [0.05, 0.1) is 73.9 Å². The number of rotatable bonds is 29. The summed E-state index contributed by atoms with van der Waals surface area (Å²) in [4.78, 5) is 12.9.